The Balaban J connectivity index is 2.34. The monoisotopic (exact) mass is 203 g/mol. The molecule has 0 radical (unpaired) electrons. The van der Waals surface area contributed by atoms with Gasteiger partial charge in [-0.25, -0.2) is 4.79 Å². The molecule has 0 spiro atoms. The van der Waals surface area contributed by atoms with Crippen LogP contribution in [0.3, 0.4) is 0 Å². The van der Waals surface area contributed by atoms with Crippen LogP contribution in [0, 0.1) is 0 Å². The molecule has 2 rings (SSSR count). The Morgan fingerprint density at radius 3 is 2.47 bits per heavy atom. The molecule has 4 nitrogen and oxygen atoms in total. The van der Waals surface area contributed by atoms with Crippen molar-refractivity contribution in [2.24, 2.45) is 5.73 Å². The van der Waals surface area contributed by atoms with Crippen LogP contribution in [0.15, 0.2) is 42.1 Å². The van der Waals surface area contributed by atoms with Crippen LogP contribution in [0.5, 0.6) is 0 Å². The molecule has 1 unspecified atom stereocenters. The Hall–Kier alpha value is -2.10. The molecule has 1 heterocycles. The lowest BCUT2D eigenvalue weighted by atomic mass is 10.0. The Morgan fingerprint density at radius 1 is 1.13 bits per heavy atom. The molecule has 0 bridgehead atoms. The maximum atomic E-state index is 11.5. The molecule has 1 aliphatic heterocycles. The van der Waals surface area contributed by atoms with Crippen molar-refractivity contribution in [1.82, 2.24) is 0 Å². The summed E-state index contributed by atoms with van der Waals surface area (Å²) < 4.78 is 4.92. The summed E-state index contributed by atoms with van der Waals surface area (Å²) in [7, 11) is 0. The molecule has 0 fully saturated rings. The van der Waals surface area contributed by atoms with E-state index in [1.165, 1.54) is 0 Å². The van der Waals surface area contributed by atoms with Crippen molar-refractivity contribution in [1.29, 1.82) is 0 Å². The van der Waals surface area contributed by atoms with Gasteiger partial charge in [0.05, 0.1) is 0 Å². The minimum Gasteiger partial charge on any atom is -0.444 e. The lowest BCUT2D eigenvalue weighted by Gasteiger charge is -2.19. The average molecular weight is 203 g/mol. The Morgan fingerprint density at radius 2 is 1.80 bits per heavy atom. The number of esters is 1. The van der Waals surface area contributed by atoms with Crippen LogP contribution in [0.4, 0.5) is 0 Å². The average Bonchev–Trinajstić information content (AvgIpc) is 2.25. The Kier molecular flexibility index (Phi) is 2.25. The topological polar surface area (TPSA) is 69.4 Å². The van der Waals surface area contributed by atoms with Gasteiger partial charge in [0.2, 0.25) is 5.78 Å². The third kappa shape index (κ3) is 1.74. The second-order valence-electron chi connectivity index (χ2n) is 3.20. The van der Waals surface area contributed by atoms with E-state index in [1.807, 2.05) is 6.07 Å². The number of hydrogen-bond acceptors (Lipinski definition) is 4. The van der Waals surface area contributed by atoms with Gasteiger partial charge in [0, 0.05) is 11.6 Å². The van der Waals surface area contributed by atoms with E-state index in [0.29, 0.717) is 5.56 Å². The SMILES string of the molecule is NC1=CC(=O)C(c2ccccc2)OC1=O. The molecule has 2 N–H and O–H groups in total. The zero-order valence-corrected chi connectivity index (χ0v) is 7.84. The summed E-state index contributed by atoms with van der Waals surface area (Å²) in [5, 5.41) is 0. The largest absolute Gasteiger partial charge is 0.444 e. The first-order valence-electron chi connectivity index (χ1n) is 4.45. The highest BCUT2D eigenvalue weighted by Crippen LogP contribution is 2.23. The summed E-state index contributed by atoms with van der Waals surface area (Å²) in [6.45, 7) is 0. The van der Waals surface area contributed by atoms with Crippen molar-refractivity contribution in [3.63, 3.8) is 0 Å². The second kappa shape index (κ2) is 3.57. The first-order chi connectivity index (χ1) is 7.18. The molecular formula is C11H9NO3. The maximum Gasteiger partial charge on any atom is 0.355 e. The quantitative estimate of drug-likeness (QED) is 0.682. The van der Waals surface area contributed by atoms with Gasteiger partial charge in [-0.05, 0) is 0 Å². The lowest BCUT2D eigenvalue weighted by molar-refractivity contribution is -0.152. The standard InChI is InChI=1S/C11H9NO3/c12-8-6-9(13)10(15-11(8)14)7-4-2-1-3-5-7/h1-6,10H,12H2. The molecule has 76 valence electrons. The van der Waals surface area contributed by atoms with Gasteiger partial charge in [-0.3, -0.25) is 4.79 Å². The van der Waals surface area contributed by atoms with Crippen LogP contribution in [0.25, 0.3) is 0 Å². The van der Waals surface area contributed by atoms with Crippen molar-refractivity contribution in [2.75, 3.05) is 0 Å². The number of carbonyl (C=O) groups excluding carboxylic acids is 2. The van der Waals surface area contributed by atoms with Crippen LogP contribution in [0.2, 0.25) is 0 Å². The summed E-state index contributed by atoms with van der Waals surface area (Å²) in [6.07, 6.45) is 0.259. The predicted octanol–water partition coefficient (Wildman–Crippen LogP) is 0.696. The van der Waals surface area contributed by atoms with E-state index in [9.17, 15) is 9.59 Å². The molecule has 1 aromatic rings. The van der Waals surface area contributed by atoms with E-state index in [1.54, 1.807) is 24.3 Å². The van der Waals surface area contributed by atoms with Crippen molar-refractivity contribution in [3.8, 4) is 0 Å². The van der Waals surface area contributed by atoms with Gasteiger partial charge in [-0.1, -0.05) is 30.3 Å². The zero-order chi connectivity index (χ0) is 10.8. The van der Waals surface area contributed by atoms with Gasteiger partial charge in [0.25, 0.3) is 0 Å². The van der Waals surface area contributed by atoms with Crippen molar-refractivity contribution >= 4 is 11.8 Å². The van der Waals surface area contributed by atoms with Gasteiger partial charge in [0.1, 0.15) is 5.70 Å². The van der Waals surface area contributed by atoms with Gasteiger partial charge >= 0.3 is 5.97 Å². The molecule has 0 aliphatic carbocycles. The Labute approximate surface area is 86.3 Å². The zero-order valence-electron chi connectivity index (χ0n) is 7.84. The second-order valence-corrected chi connectivity index (χ2v) is 3.20. The first kappa shape index (κ1) is 9.45. The molecule has 0 aromatic heterocycles. The third-order valence-electron chi connectivity index (χ3n) is 2.12. The van der Waals surface area contributed by atoms with Crippen LogP contribution in [0.1, 0.15) is 11.7 Å². The molecule has 15 heavy (non-hydrogen) atoms. The normalized spacial score (nSPS) is 20.8. The minimum absolute atomic E-state index is 0.146. The Bertz CT molecular complexity index is 436. The summed E-state index contributed by atoms with van der Waals surface area (Å²) in [5.41, 5.74) is 5.78. The fourth-order valence-electron chi connectivity index (χ4n) is 1.38. The predicted molar refractivity (Wildman–Crippen MR) is 52.6 cm³/mol. The summed E-state index contributed by atoms with van der Waals surface area (Å²) in [5.74, 6) is -0.957. The molecule has 1 aliphatic rings. The van der Waals surface area contributed by atoms with Crippen molar-refractivity contribution < 1.29 is 14.3 Å². The third-order valence-corrected chi connectivity index (χ3v) is 2.12. The summed E-state index contributed by atoms with van der Waals surface area (Å²) in [6, 6.07) is 8.83. The van der Waals surface area contributed by atoms with E-state index >= 15 is 0 Å². The molecule has 0 saturated carbocycles. The number of cyclic esters (lactones) is 1. The highest BCUT2D eigenvalue weighted by atomic mass is 16.5. The summed E-state index contributed by atoms with van der Waals surface area (Å²) in [4.78, 5) is 22.7. The molecule has 1 aromatic carbocycles. The highest BCUT2D eigenvalue weighted by Gasteiger charge is 2.29. The molecule has 1 atom stereocenters. The van der Waals surface area contributed by atoms with E-state index in [4.69, 9.17) is 10.5 Å². The maximum absolute atomic E-state index is 11.5. The molecule has 0 saturated heterocycles. The summed E-state index contributed by atoms with van der Waals surface area (Å²) >= 11 is 0. The van der Waals surface area contributed by atoms with E-state index in [2.05, 4.69) is 0 Å². The molecule has 4 heteroatoms. The lowest BCUT2D eigenvalue weighted by Crippen LogP contribution is -2.28. The van der Waals surface area contributed by atoms with Gasteiger partial charge in [0.15, 0.2) is 6.10 Å². The number of hydrogen-bond donors (Lipinski definition) is 1. The van der Waals surface area contributed by atoms with Gasteiger partial charge in [-0.2, -0.15) is 0 Å². The number of nitrogens with two attached hydrogens (primary N) is 1. The first-order valence-corrected chi connectivity index (χ1v) is 4.45. The number of rotatable bonds is 1. The van der Waals surface area contributed by atoms with Crippen LogP contribution in [-0.4, -0.2) is 11.8 Å². The molecular weight excluding hydrogens is 194 g/mol. The van der Waals surface area contributed by atoms with Crippen molar-refractivity contribution in [2.45, 2.75) is 6.10 Å². The van der Waals surface area contributed by atoms with E-state index in [-0.39, 0.29) is 11.5 Å². The van der Waals surface area contributed by atoms with E-state index in [0.717, 1.165) is 6.08 Å². The number of benzene rings is 1. The van der Waals surface area contributed by atoms with Crippen molar-refractivity contribution in [3.05, 3.63) is 47.7 Å². The number of ether oxygens (including phenoxy) is 1. The fourth-order valence-corrected chi connectivity index (χ4v) is 1.38. The highest BCUT2D eigenvalue weighted by molar-refractivity contribution is 6.05. The fraction of sp³-hybridized carbons (Fsp3) is 0.0909. The van der Waals surface area contributed by atoms with Crippen LogP contribution < -0.4 is 5.73 Å². The van der Waals surface area contributed by atoms with E-state index < -0.39 is 12.1 Å². The van der Waals surface area contributed by atoms with Gasteiger partial charge in [-0.15, -0.1) is 0 Å². The van der Waals surface area contributed by atoms with Gasteiger partial charge < -0.3 is 10.5 Å². The molecule has 0 amide bonds. The number of ketones is 1. The van der Waals surface area contributed by atoms with Crippen LogP contribution in [-0.2, 0) is 14.3 Å². The van der Waals surface area contributed by atoms with Crippen LogP contribution >= 0.6 is 0 Å². The number of carbonyl (C=O) groups is 2. The smallest absolute Gasteiger partial charge is 0.355 e. The minimum atomic E-state index is -0.856.